The maximum Gasteiger partial charge on any atom is 0.136 e. The summed E-state index contributed by atoms with van der Waals surface area (Å²) in [6, 6.07) is 0. The molecule has 0 amide bonds. The smallest absolute Gasteiger partial charge is 0.136 e. The maximum atomic E-state index is 11.4. The minimum atomic E-state index is 0.367. The fraction of sp³-hybridized carbons (Fsp3) is 0.800. The Kier molecular flexibility index (Phi) is 2.76. The normalized spacial score (nSPS) is 38.2. The summed E-state index contributed by atoms with van der Waals surface area (Å²) in [6.45, 7) is 9.18. The molecule has 2 atom stereocenters. The number of fused-ring (bicyclic) bond motifs is 2. The molecule has 0 aromatic rings. The van der Waals surface area contributed by atoms with E-state index in [2.05, 4.69) is 26.8 Å². The molecule has 0 heterocycles. The van der Waals surface area contributed by atoms with E-state index in [4.69, 9.17) is 0 Å². The minimum Gasteiger partial charge on any atom is -0.299 e. The van der Waals surface area contributed by atoms with Crippen LogP contribution in [-0.2, 0) is 4.79 Å². The van der Waals surface area contributed by atoms with Gasteiger partial charge >= 0.3 is 0 Å². The van der Waals surface area contributed by atoms with Gasteiger partial charge in [-0.3, -0.25) is 4.79 Å². The monoisotopic (exact) mass is 220 g/mol. The lowest BCUT2D eigenvalue weighted by Crippen LogP contribution is -2.28. The van der Waals surface area contributed by atoms with Crippen LogP contribution in [0.4, 0.5) is 0 Å². The van der Waals surface area contributed by atoms with E-state index in [0.29, 0.717) is 29.5 Å². The van der Waals surface area contributed by atoms with E-state index >= 15 is 0 Å². The van der Waals surface area contributed by atoms with Crippen molar-refractivity contribution in [3.05, 3.63) is 11.6 Å². The third-order valence-electron chi connectivity index (χ3n) is 5.58. The first-order chi connectivity index (χ1) is 7.41. The van der Waals surface area contributed by atoms with Crippen LogP contribution in [-0.4, -0.2) is 5.78 Å². The summed E-state index contributed by atoms with van der Waals surface area (Å²) >= 11 is 0. The lowest BCUT2D eigenvalue weighted by molar-refractivity contribution is -0.117. The summed E-state index contributed by atoms with van der Waals surface area (Å²) in [5.41, 5.74) is 2.37. The molecule has 0 radical (unpaired) electrons. The van der Waals surface area contributed by atoms with Gasteiger partial charge in [0, 0.05) is 12.8 Å². The second-order valence-corrected chi connectivity index (χ2v) is 6.32. The molecule has 2 bridgehead atoms. The Balaban J connectivity index is 2.18. The van der Waals surface area contributed by atoms with Crippen molar-refractivity contribution < 1.29 is 4.79 Å². The first kappa shape index (κ1) is 11.9. The number of hydrogen-bond donors (Lipinski definition) is 0. The molecule has 0 aliphatic heterocycles. The molecule has 1 heteroatoms. The van der Waals surface area contributed by atoms with Crippen molar-refractivity contribution in [2.75, 3.05) is 0 Å². The second kappa shape index (κ2) is 3.72. The van der Waals surface area contributed by atoms with Gasteiger partial charge < -0.3 is 0 Å². The highest BCUT2D eigenvalue weighted by Gasteiger charge is 2.58. The third kappa shape index (κ3) is 1.48. The van der Waals surface area contributed by atoms with Crippen LogP contribution in [0.5, 0.6) is 0 Å². The molecule has 2 fully saturated rings. The molecule has 0 aromatic heterocycles. The molecule has 2 aliphatic rings. The molecule has 2 aliphatic carbocycles. The average molecular weight is 220 g/mol. The SMILES string of the molecule is CCC(=O)CC=C1CC2CCC1(C)C2(C)C. The van der Waals surface area contributed by atoms with Crippen LogP contribution in [0.15, 0.2) is 11.6 Å². The Hall–Kier alpha value is -0.590. The molecule has 0 spiro atoms. The number of carbonyl (C=O) groups is 1. The highest BCUT2D eigenvalue weighted by Crippen LogP contribution is 2.67. The highest BCUT2D eigenvalue weighted by molar-refractivity contribution is 5.79. The lowest BCUT2D eigenvalue weighted by atomic mass is 9.69. The first-order valence-corrected chi connectivity index (χ1v) is 6.63. The van der Waals surface area contributed by atoms with Crippen LogP contribution in [0, 0.1) is 16.7 Å². The summed E-state index contributed by atoms with van der Waals surface area (Å²) in [5, 5.41) is 0. The van der Waals surface area contributed by atoms with Crippen LogP contribution < -0.4 is 0 Å². The summed E-state index contributed by atoms with van der Waals surface area (Å²) in [6.07, 6.45) is 7.50. The van der Waals surface area contributed by atoms with E-state index in [1.165, 1.54) is 19.3 Å². The van der Waals surface area contributed by atoms with Gasteiger partial charge in [-0.05, 0) is 36.0 Å². The van der Waals surface area contributed by atoms with E-state index in [1.54, 1.807) is 5.57 Å². The van der Waals surface area contributed by atoms with Gasteiger partial charge in [-0.2, -0.15) is 0 Å². The zero-order valence-electron chi connectivity index (χ0n) is 11.1. The number of rotatable bonds is 3. The number of ketones is 1. The van der Waals surface area contributed by atoms with Gasteiger partial charge in [-0.15, -0.1) is 0 Å². The topological polar surface area (TPSA) is 17.1 Å². The molecular weight excluding hydrogens is 196 g/mol. The van der Waals surface area contributed by atoms with Gasteiger partial charge in [-0.1, -0.05) is 39.3 Å². The summed E-state index contributed by atoms with van der Waals surface area (Å²) < 4.78 is 0. The predicted octanol–water partition coefficient (Wildman–Crippen LogP) is 4.13. The summed E-state index contributed by atoms with van der Waals surface area (Å²) in [5.74, 6) is 1.22. The molecule has 16 heavy (non-hydrogen) atoms. The fourth-order valence-electron chi connectivity index (χ4n) is 3.71. The molecule has 2 rings (SSSR count). The van der Waals surface area contributed by atoms with E-state index in [-0.39, 0.29) is 0 Å². The predicted molar refractivity (Wildman–Crippen MR) is 67.2 cm³/mol. The Morgan fingerprint density at radius 1 is 1.44 bits per heavy atom. The molecule has 1 nitrogen and oxygen atoms in total. The molecule has 2 saturated carbocycles. The number of carbonyl (C=O) groups excluding carboxylic acids is 1. The van der Waals surface area contributed by atoms with Crippen molar-refractivity contribution >= 4 is 5.78 Å². The summed E-state index contributed by atoms with van der Waals surface area (Å²) in [4.78, 5) is 11.4. The van der Waals surface area contributed by atoms with Gasteiger partial charge in [0.05, 0.1) is 0 Å². The van der Waals surface area contributed by atoms with Crippen LogP contribution in [0.1, 0.15) is 59.8 Å². The molecule has 0 N–H and O–H groups in total. The van der Waals surface area contributed by atoms with Gasteiger partial charge in [0.1, 0.15) is 5.78 Å². The van der Waals surface area contributed by atoms with E-state index in [9.17, 15) is 4.79 Å². The summed E-state index contributed by atoms with van der Waals surface area (Å²) in [7, 11) is 0. The van der Waals surface area contributed by atoms with Crippen LogP contribution in [0.3, 0.4) is 0 Å². The number of allylic oxidation sites excluding steroid dienone is 2. The fourth-order valence-corrected chi connectivity index (χ4v) is 3.71. The Morgan fingerprint density at radius 3 is 2.56 bits per heavy atom. The van der Waals surface area contributed by atoms with Crippen LogP contribution in [0.25, 0.3) is 0 Å². The number of Topliss-reactive ketones (excluding diaryl/α,β-unsaturated/α-hetero) is 1. The molecule has 90 valence electrons. The number of hydrogen-bond acceptors (Lipinski definition) is 1. The molecule has 0 saturated heterocycles. The average Bonchev–Trinajstić information content (AvgIpc) is 2.58. The standard InChI is InChI=1S/C15H24O/c1-5-13(16)7-6-12-10-11-8-9-15(12,4)14(11,2)3/h6,11H,5,7-10H2,1-4H3. The zero-order valence-corrected chi connectivity index (χ0v) is 11.1. The van der Waals surface area contributed by atoms with Crippen LogP contribution >= 0.6 is 0 Å². The molecule has 0 aromatic carbocycles. The first-order valence-electron chi connectivity index (χ1n) is 6.63. The molecule has 2 unspecified atom stereocenters. The lowest BCUT2D eigenvalue weighted by Gasteiger charge is -2.35. The highest BCUT2D eigenvalue weighted by atomic mass is 16.1. The van der Waals surface area contributed by atoms with Crippen molar-refractivity contribution in [2.45, 2.75) is 59.8 Å². The minimum absolute atomic E-state index is 0.367. The third-order valence-corrected chi connectivity index (χ3v) is 5.58. The van der Waals surface area contributed by atoms with E-state index in [1.807, 2.05) is 6.92 Å². The second-order valence-electron chi connectivity index (χ2n) is 6.32. The molecular formula is C15H24O. The Labute approximate surface area is 99.3 Å². The van der Waals surface area contributed by atoms with Crippen LogP contribution in [0.2, 0.25) is 0 Å². The van der Waals surface area contributed by atoms with Gasteiger partial charge in [0.2, 0.25) is 0 Å². The Morgan fingerprint density at radius 2 is 2.12 bits per heavy atom. The van der Waals surface area contributed by atoms with Gasteiger partial charge in [-0.25, -0.2) is 0 Å². The van der Waals surface area contributed by atoms with Gasteiger partial charge in [0.15, 0.2) is 0 Å². The van der Waals surface area contributed by atoms with Crippen molar-refractivity contribution in [2.24, 2.45) is 16.7 Å². The zero-order chi connectivity index (χ0) is 12.0. The van der Waals surface area contributed by atoms with Crippen molar-refractivity contribution in [3.8, 4) is 0 Å². The quantitative estimate of drug-likeness (QED) is 0.654. The van der Waals surface area contributed by atoms with Gasteiger partial charge in [0.25, 0.3) is 0 Å². The largest absolute Gasteiger partial charge is 0.299 e. The maximum absolute atomic E-state index is 11.4. The van der Waals surface area contributed by atoms with E-state index in [0.717, 1.165) is 5.92 Å². The van der Waals surface area contributed by atoms with Crippen molar-refractivity contribution in [1.82, 2.24) is 0 Å². The Bertz CT molecular complexity index is 337. The van der Waals surface area contributed by atoms with Crippen molar-refractivity contribution in [1.29, 1.82) is 0 Å². The van der Waals surface area contributed by atoms with Crippen molar-refractivity contribution in [3.63, 3.8) is 0 Å². The van der Waals surface area contributed by atoms with E-state index < -0.39 is 0 Å².